The third kappa shape index (κ3) is 3.10. The zero-order chi connectivity index (χ0) is 13.1. The van der Waals surface area contributed by atoms with Crippen LogP contribution < -0.4 is 0 Å². The quantitative estimate of drug-likeness (QED) is 0.561. The van der Waals surface area contributed by atoms with Crippen molar-refractivity contribution in [2.24, 2.45) is 11.8 Å². The van der Waals surface area contributed by atoms with Crippen molar-refractivity contribution < 1.29 is 14.0 Å². The van der Waals surface area contributed by atoms with Gasteiger partial charge in [-0.05, 0) is 25.1 Å². The zero-order valence-corrected chi connectivity index (χ0v) is 12.8. The molecule has 0 saturated carbocycles. The molecule has 3 nitrogen and oxygen atoms in total. The number of ether oxygens (including phenoxy) is 1. The second kappa shape index (κ2) is 6.00. The molecule has 0 aromatic rings. The second-order valence-corrected chi connectivity index (χ2v) is 9.95. The Labute approximate surface area is 106 Å². The van der Waals surface area contributed by atoms with Gasteiger partial charge in [-0.2, -0.15) is 0 Å². The Morgan fingerprint density at radius 1 is 1.24 bits per heavy atom. The van der Waals surface area contributed by atoms with Gasteiger partial charge in [0.05, 0.1) is 18.6 Å². The van der Waals surface area contributed by atoms with E-state index >= 15 is 0 Å². The standard InChI is InChI=1S/C13H26O3Si/c1-6-17(7-2,8-3)16-12-10(4)9-15-13(14)11(12)5/h10-12H,6-9H2,1-5H3/t10-,11+,12-/m0/s1. The maximum Gasteiger partial charge on any atom is 0.311 e. The molecule has 1 aliphatic rings. The van der Waals surface area contributed by atoms with E-state index in [2.05, 4.69) is 27.7 Å². The molecule has 0 bridgehead atoms. The van der Waals surface area contributed by atoms with Gasteiger partial charge in [0.1, 0.15) is 0 Å². The van der Waals surface area contributed by atoms with Crippen LogP contribution in [-0.2, 0) is 14.0 Å². The molecule has 1 fully saturated rings. The van der Waals surface area contributed by atoms with E-state index in [1.807, 2.05) is 6.92 Å². The predicted molar refractivity (Wildman–Crippen MR) is 71.4 cm³/mol. The van der Waals surface area contributed by atoms with Crippen molar-refractivity contribution in [3.05, 3.63) is 0 Å². The maximum atomic E-state index is 11.6. The summed E-state index contributed by atoms with van der Waals surface area (Å²) < 4.78 is 11.6. The van der Waals surface area contributed by atoms with Crippen molar-refractivity contribution in [3.63, 3.8) is 0 Å². The van der Waals surface area contributed by atoms with Crippen LogP contribution in [0.15, 0.2) is 0 Å². The van der Waals surface area contributed by atoms with Gasteiger partial charge in [-0.3, -0.25) is 4.79 Å². The summed E-state index contributed by atoms with van der Waals surface area (Å²) in [5, 5.41) is 0. The third-order valence-electron chi connectivity index (χ3n) is 4.23. The smallest absolute Gasteiger partial charge is 0.311 e. The average molecular weight is 258 g/mol. The number of carbonyl (C=O) groups is 1. The summed E-state index contributed by atoms with van der Waals surface area (Å²) in [5.41, 5.74) is 0. The fourth-order valence-corrected chi connectivity index (χ4v) is 5.59. The van der Waals surface area contributed by atoms with Gasteiger partial charge in [0.2, 0.25) is 0 Å². The molecule has 0 aliphatic carbocycles. The van der Waals surface area contributed by atoms with Crippen LogP contribution in [0, 0.1) is 11.8 Å². The van der Waals surface area contributed by atoms with E-state index in [1.54, 1.807) is 0 Å². The van der Waals surface area contributed by atoms with Crippen LogP contribution in [0.25, 0.3) is 0 Å². The van der Waals surface area contributed by atoms with Crippen LogP contribution in [-0.4, -0.2) is 27.0 Å². The van der Waals surface area contributed by atoms with Crippen molar-refractivity contribution in [2.45, 2.75) is 58.9 Å². The number of cyclic esters (lactones) is 1. The first kappa shape index (κ1) is 14.7. The molecule has 1 heterocycles. The highest BCUT2D eigenvalue weighted by molar-refractivity contribution is 6.73. The number of rotatable bonds is 5. The third-order valence-corrected chi connectivity index (χ3v) is 8.87. The highest BCUT2D eigenvalue weighted by Gasteiger charge is 2.41. The van der Waals surface area contributed by atoms with E-state index in [0.717, 1.165) is 18.1 Å². The van der Waals surface area contributed by atoms with Crippen molar-refractivity contribution in [2.75, 3.05) is 6.61 Å². The molecular formula is C13H26O3Si. The lowest BCUT2D eigenvalue weighted by Crippen LogP contribution is -2.50. The first-order chi connectivity index (χ1) is 7.99. The van der Waals surface area contributed by atoms with Crippen LogP contribution in [0.5, 0.6) is 0 Å². The van der Waals surface area contributed by atoms with Gasteiger partial charge in [-0.1, -0.05) is 27.7 Å². The fourth-order valence-electron chi connectivity index (χ4n) is 2.57. The minimum atomic E-state index is -1.63. The SMILES string of the molecule is CC[Si](CC)(CC)O[C@H]1[C@@H](C)COC(=O)[C@@H]1C. The van der Waals surface area contributed by atoms with Gasteiger partial charge in [0.25, 0.3) is 0 Å². The van der Waals surface area contributed by atoms with E-state index in [0.29, 0.717) is 12.5 Å². The summed E-state index contributed by atoms with van der Waals surface area (Å²) in [6.45, 7) is 11.2. The summed E-state index contributed by atoms with van der Waals surface area (Å²) in [4.78, 5) is 11.6. The molecule has 0 radical (unpaired) electrons. The van der Waals surface area contributed by atoms with Crippen LogP contribution in [0.3, 0.4) is 0 Å². The molecule has 0 aromatic carbocycles. The summed E-state index contributed by atoms with van der Waals surface area (Å²) >= 11 is 0. The molecule has 1 saturated heterocycles. The Hall–Kier alpha value is -0.353. The summed E-state index contributed by atoms with van der Waals surface area (Å²) in [5.74, 6) is 0.105. The molecule has 17 heavy (non-hydrogen) atoms. The minimum absolute atomic E-state index is 0.0581. The predicted octanol–water partition coefficient (Wildman–Crippen LogP) is 3.21. The lowest BCUT2D eigenvalue weighted by Gasteiger charge is -2.40. The molecular weight excluding hydrogens is 232 g/mol. The van der Waals surface area contributed by atoms with Crippen LogP contribution in [0.4, 0.5) is 0 Å². The first-order valence-electron chi connectivity index (χ1n) is 6.84. The number of hydrogen-bond acceptors (Lipinski definition) is 3. The van der Waals surface area contributed by atoms with E-state index in [9.17, 15) is 4.79 Å². The van der Waals surface area contributed by atoms with Crippen LogP contribution in [0.2, 0.25) is 18.1 Å². The average Bonchev–Trinajstić information content (AvgIpc) is 2.36. The molecule has 0 aromatic heterocycles. The summed E-state index contributed by atoms with van der Waals surface area (Å²) in [6, 6.07) is 3.39. The molecule has 0 unspecified atom stereocenters. The Morgan fingerprint density at radius 2 is 1.76 bits per heavy atom. The second-order valence-electron chi connectivity index (χ2n) is 5.22. The lowest BCUT2D eigenvalue weighted by atomic mass is 9.92. The van der Waals surface area contributed by atoms with E-state index in [-0.39, 0.29) is 18.0 Å². The molecule has 100 valence electrons. The first-order valence-corrected chi connectivity index (χ1v) is 9.37. The van der Waals surface area contributed by atoms with Crippen LogP contribution >= 0.6 is 0 Å². The monoisotopic (exact) mass is 258 g/mol. The van der Waals surface area contributed by atoms with Gasteiger partial charge in [0.15, 0.2) is 8.32 Å². The fraction of sp³-hybridized carbons (Fsp3) is 0.923. The van der Waals surface area contributed by atoms with Gasteiger partial charge in [0, 0.05) is 5.92 Å². The highest BCUT2D eigenvalue weighted by Crippen LogP contribution is 2.31. The van der Waals surface area contributed by atoms with E-state index in [4.69, 9.17) is 9.16 Å². The van der Waals surface area contributed by atoms with Crippen molar-refractivity contribution in [1.82, 2.24) is 0 Å². The zero-order valence-electron chi connectivity index (χ0n) is 11.8. The Kier molecular flexibility index (Phi) is 5.19. The molecule has 3 atom stereocenters. The topological polar surface area (TPSA) is 35.5 Å². The van der Waals surface area contributed by atoms with Crippen molar-refractivity contribution in [3.8, 4) is 0 Å². The molecule has 0 N–H and O–H groups in total. The van der Waals surface area contributed by atoms with Crippen molar-refractivity contribution >= 4 is 14.3 Å². The molecule has 1 rings (SSSR count). The summed E-state index contributed by atoms with van der Waals surface area (Å²) in [7, 11) is -1.63. The van der Waals surface area contributed by atoms with E-state index < -0.39 is 8.32 Å². The minimum Gasteiger partial charge on any atom is -0.465 e. The normalized spacial score (nSPS) is 30.2. The van der Waals surface area contributed by atoms with E-state index in [1.165, 1.54) is 0 Å². The number of carbonyl (C=O) groups excluding carboxylic acids is 1. The molecule has 4 heteroatoms. The molecule has 0 spiro atoms. The summed E-state index contributed by atoms with van der Waals surface area (Å²) in [6.07, 6.45) is 0.0581. The number of hydrogen-bond donors (Lipinski definition) is 0. The Morgan fingerprint density at radius 3 is 2.24 bits per heavy atom. The lowest BCUT2D eigenvalue weighted by molar-refractivity contribution is -0.163. The highest BCUT2D eigenvalue weighted by atomic mass is 28.4. The Balaban J connectivity index is 2.79. The van der Waals surface area contributed by atoms with Crippen molar-refractivity contribution in [1.29, 1.82) is 0 Å². The largest absolute Gasteiger partial charge is 0.465 e. The van der Waals surface area contributed by atoms with Gasteiger partial charge in [-0.25, -0.2) is 0 Å². The van der Waals surface area contributed by atoms with Gasteiger partial charge in [-0.15, -0.1) is 0 Å². The molecule has 1 aliphatic heterocycles. The van der Waals surface area contributed by atoms with Gasteiger partial charge >= 0.3 is 5.97 Å². The Bertz CT molecular complexity index is 255. The van der Waals surface area contributed by atoms with Gasteiger partial charge < -0.3 is 9.16 Å². The van der Waals surface area contributed by atoms with Crippen LogP contribution in [0.1, 0.15) is 34.6 Å². The maximum absolute atomic E-state index is 11.6. The number of esters is 1. The molecule has 0 amide bonds.